The molecule has 0 radical (unpaired) electrons. The molecule has 2 aliphatic rings. The van der Waals surface area contributed by atoms with Crippen LogP contribution in [0.15, 0.2) is 71.6 Å². The van der Waals surface area contributed by atoms with E-state index in [9.17, 15) is 18.0 Å². The van der Waals surface area contributed by atoms with Crippen molar-refractivity contribution in [2.24, 2.45) is 0 Å². The second-order valence-corrected chi connectivity index (χ2v) is 9.99. The standard InChI is InChI=1S/C26H24N2O7S/c29-25(28-13-5-7-18-6-1-4-10-22(18)28)17-35-26(30)20-8-2-3-9-21(20)27-36(31,32)19-11-12-23-24(16-19)34-15-14-33-23/h1-4,6,8-12,16,27H,5,7,13-15,17H2. The minimum atomic E-state index is -4.05. The summed E-state index contributed by atoms with van der Waals surface area (Å²) in [5.74, 6) is -0.362. The van der Waals surface area contributed by atoms with E-state index >= 15 is 0 Å². The smallest absolute Gasteiger partial charge is 0.340 e. The van der Waals surface area contributed by atoms with Crippen molar-refractivity contribution in [1.29, 1.82) is 0 Å². The molecule has 0 fully saturated rings. The van der Waals surface area contributed by atoms with Crippen molar-refractivity contribution in [3.8, 4) is 11.5 Å². The molecule has 0 atom stereocenters. The van der Waals surface area contributed by atoms with E-state index < -0.39 is 22.6 Å². The maximum atomic E-state index is 13.0. The van der Waals surface area contributed by atoms with E-state index in [1.54, 1.807) is 17.0 Å². The Morgan fingerprint density at radius 3 is 2.56 bits per heavy atom. The average molecular weight is 509 g/mol. The number of carbonyl (C=O) groups excluding carboxylic acids is 2. The number of anilines is 2. The summed E-state index contributed by atoms with van der Waals surface area (Å²) in [4.78, 5) is 27.2. The van der Waals surface area contributed by atoms with Gasteiger partial charge in [0.05, 0.1) is 16.1 Å². The molecule has 2 heterocycles. The number of nitrogens with one attached hydrogen (secondary N) is 1. The van der Waals surface area contributed by atoms with Gasteiger partial charge < -0.3 is 19.1 Å². The maximum Gasteiger partial charge on any atom is 0.340 e. The first-order valence-electron chi connectivity index (χ1n) is 11.5. The van der Waals surface area contributed by atoms with Gasteiger partial charge in [-0.25, -0.2) is 13.2 Å². The number of hydrogen-bond acceptors (Lipinski definition) is 7. The van der Waals surface area contributed by atoms with Crippen LogP contribution in [0.5, 0.6) is 11.5 Å². The van der Waals surface area contributed by atoms with Gasteiger partial charge in [-0.15, -0.1) is 0 Å². The minimum Gasteiger partial charge on any atom is -0.486 e. The lowest BCUT2D eigenvalue weighted by atomic mass is 10.0. The largest absolute Gasteiger partial charge is 0.486 e. The fourth-order valence-corrected chi connectivity index (χ4v) is 5.32. The van der Waals surface area contributed by atoms with E-state index in [1.807, 2.05) is 24.3 Å². The predicted octanol–water partition coefficient (Wildman–Crippen LogP) is 3.39. The molecule has 36 heavy (non-hydrogen) atoms. The molecule has 0 saturated carbocycles. The molecule has 9 nitrogen and oxygen atoms in total. The summed E-state index contributed by atoms with van der Waals surface area (Å²) in [5.41, 5.74) is 1.92. The van der Waals surface area contributed by atoms with Crippen molar-refractivity contribution >= 4 is 33.3 Å². The highest BCUT2D eigenvalue weighted by Gasteiger charge is 2.25. The highest BCUT2D eigenvalue weighted by atomic mass is 32.2. The molecule has 3 aromatic carbocycles. The quantitative estimate of drug-likeness (QED) is 0.508. The number of benzene rings is 3. The van der Waals surface area contributed by atoms with Crippen molar-refractivity contribution in [3.05, 3.63) is 77.9 Å². The van der Waals surface area contributed by atoms with Crippen LogP contribution in [0.4, 0.5) is 11.4 Å². The van der Waals surface area contributed by atoms with Crippen molar-refractivity contribution in [1.82, 2.24) is 0 Å². The molecule has 0 spiro atoms. The van der Waals surface area contributed by atoms with Gasteiger partial charge in [-0.2, -0.15) is 0 Å². The third-order valence-corrected chi connectivity index (χ3v) is 7.32. The zero-order valence-electron chi connectivity index (χ0n) is 19.3. The Morgan fingerprint density at radius 2 is 1.69 bits per heavy atom. The zero-order valence-corrected chi connectivity index (χ0v) is 20.1. The van der Waals surface area contributed by atoms with Crippen LogP contribution in [-0.2, 0) is 26.0 Å². The number of aryl methyl sites for hydroxylation is 1. The zero-order chi connectivity index (χ0) is 25.1. The number of para-hydroxylation sites is 2. The van der Waals surface area contributed by atoms with E-state index in [4.69, 9.17) is 14.2 Å². The van der Waals surface area contributed by atoms with Crippen LogP contribution >= 0.6 is 0 Å². The van der Waals surface area contributed by atoms with Crippen molar-refractivity contribution in [3.63, 3.8) is 0 Å². The van der Waals surface area contributed by atoms with E-state index in [1.165, 1.54) is 30.3 Å². The van der Waals surface area contributed by atoms with Gasteiger partial charge >= 0.3 is 5.97 Å². The average Bonchev–Trinajstić information content (AvgIpc) is 2.91. The van der Waals surface area contributed by atoms with Crippen LogP contribution in [0.3, 0.4) is 0 Å². The second kappa shape index (κ2) is 9.90. The Hall–Kier alpha value is -4.05. The van der Waals surface area contributed by atoms with Gasteiger partial charge in [-0.3, -0.25) is 9.52 Å². The summed E-state index contributed by atoms with van der Waals surface area (Å²) in [6.45, 7) is 0.787. The molecular weight excluding hydrogens is 484 g/mol. The molecule has 0 bridgehead atoms. The van der Waals surface area contributed by atoms with Crippen LogP contribution in [0.1, 0.15) is 22.3 Å². The molecule has 0 saturated heterocycles. The topological polar surface area (TPSA) is 111 Å². The highest BCUT2D eigenvalue weighted by Crippen LogP contribution is 2.33. The van der Waals surface area contributed by atoms with Gasteiger partial charge in [0.1, 0.15) is 13.2 Å². The Labute approximate surface area is 208 Å². The Kier molecular flexibility index (Phi) is 6.51. The number of amides is 1. The fraction of sp³-hybridized carbons (Fsp3) is 0.231. The monoisotopic (exact) mass is 508 g/mol. The van der Waals surface area contributed by atoms with Gasteiger partial charge in [0.2, 0.25) is 0 Å². The first-order chi connectivity index (χ1) is 17.4. The van der Waals surface area contributed by atoms with Gasteiger partial charge in [0.25, 0.3) is 15.9 Å². The fourth-order valence-electron chi connectivity index (χ4n) is 4.22. The summed E-state index contributed by atoms with van der Waals surface area (Å²) >= 11 is 0. The molecule has 186 valence electrons. The van der Waals surface area contributed by atoms with Crippen LogP contribution in [0.2, 0.25) is 0 Å². The number of fused-ring (bicyclic) bond motifs is 2. The van der Waals surface area contributed by atoms with E-state index in [2.05, 4.69) is 4.72 Å². The molecule has 10 heteroatoms. The van der Waals surface area contributed by atoms with E-state index in [-0.39, 0.29) is 22.1 Å². The number of sulfonamides is 1. The molecule has 2 aliphatic heterocycles. The van der Waals surface area contributed by atoms with Crippen molar-refractivity contribution < 1.29 is 32.2 Å². The molecule has 0 unspecified atom stereocenters. The second-order valence-electron chi connectivity index (χ2n) is 8.31. The summed E-state index contributed by atoms with van der Waals surface area (Å²) < 4.78 is 44.7. The number of hydrogen-bond donors (Lipinski definition) is 1. The summed E-state index contributed by atoms with van der Waals surface area (Å²) in [6, 6.07) is 18.0. The lowest BCUT2D eigenvalue weighted by Crippen LogP contribution is -2.38. The van der Waals surface area contributed by atoms with Crippen LogP contribution in [0.25, 0.3) is 0 Å². The molecule has 3 aromatic rings. The van der Waals surface area contributed by atoms with E-state index in [0.29, 0.717) is 31.3 Å². The first kappa shape index (κ1) is 23.7. The van der Waals surface area contributed by atoms with Gasteiger partial charge in [-0.1, -0.05) is 30.3 Å². The number of carbonyl (C=O) groups is 2. The number of esters is 1. The first-order valence-corrected chi connectivity index (χ1v) is 13.0. The summed E-state index contributed by atoms with van der Waals surface area (Å²) in [5, 5.41) is 0. The summed E-state index contributed by atoms with van der Waals surface area (Å²) in [6.07, 6.45) is 1.71. The molecule has 0 aromatic heterocycles. The number of ether oxygens (including phenoxy) is 3. The predicted molar refractivity (Wildman–Crippen MR) is 132 cm³/mol. The highest BCUT2D eigenvalue weighted by molar-refractivity contribution is 7.92. The van der Waals surface area contributed by atoms with E-state index in [0.717, 1.165) is 24.1 Å². The number of nitrogens with zero attached hydrogens (tertiary/aromatic N) is 1. The van der Waals surface area contributed by atoms with Gasteiger partial charge in [0.15, 0.2) is 18.1 Å². The summed E-state index contributed by atoms with van der Waals surface area (Å²) in [7, 11) is -4.05. The third kappa shape index (κ3) is 4.85. The lowest BCUT2D eigenvalue weighted by Gasteiger charge is -2.29. The van der Waals surface area contributed by atoms with Crippen molar-refractivity contribution in [2.75, 3.05) is 36.0 Å². The maximum absolute atomic E-state index is 13.0. The SMILES string of the molecule is O=C(OCC(=O)N1CCCc2ccccc21)c1ccccc1NS(=O)(=O)c1ccc2c(c1)OCCO2. The van der Waals surface area contributed by atoms with Gasteiger partial charge in [0, 0.05) is 18.3 Å². The Bertz CT molecular complexity index is 1420. The molecule has 0 aliphatic carbocycles. The van der Waals surface area contributed by atoms with Crippen LogP contribution in [-0.4, -0.2) is 46.7 Å². The third-order valence-electron chi connectivity index (χ3n) is 5.95. The lowest BCUT2D eigenvalue weighted by molar-refractivity contribution is -0.121. The Balaban J connectivity index is 1.29. The van der Waals surface area contributed by atoms with Crippen LogP contribution in [0, 0.1) is 0 Å². The molecule has 1 amide bonds. The van der Waals surface area contributed by atoms with Crippen LogP contribution < -0.4 is 19.1 Å². The molecule has 5 rings (SSSR count). The normalized spacial score (nSPS) is 14.5. The molecule has 1 N–H and O–H groups in total. The Morgan fingerprint density at radius 1 is 0.944 bits per heavy atom. The number of rotatable bonds is 6. The minimum absolute atomic E-state index is 0.00883. The molecular formula is C26H24N2O7S. The van der Waals surface area contributed by atoms with Crippen molar-refractivity contribution in [2.45, 2.75) is 17.7 Å². The van der Waals surface area contributed by atoms with Gasteiger partial charge in [-0.05, 0) is 48.7 Å².